The van der Waals surface area contributed by atoms with E-state index in [4.69, 9.17) is 0 Å². The molecule has 2 heterocycles. The van der Waals surface area contributed by atoms with Gasteiger partial charge in [-0.05, 0) is 33.9 Å². The van der Waals surface area contributed by atoms with Crippen LogP contribution in [0.3, 0.4) is 0 Å². The Hall–Kier alpha value is -3.49. The molecule has 0 atom stereocenters. The van der Waals surface area contributed by atoms with Crippen LogP contribution in [-0.4, -0.2) is 35.4 Å². The van der Waals surface area contributed by atoms with Gasteiger partial charge in [0.25, 0.3) is 0 Å². The lowest BCUT2D eigenvalue weighted by atomic mass is 10.0. The summed E-state index contributed by atoms with van der Waals surface area (Å²) in [6.45, 7) is 5.90. The van der Waals surface area contributed by atoms with Crippen molar-refractivity contribution in [2.24, 2.45) is 5.92 Å². The van der Waals surface area contributed by atoms with Crippen molar-refractivity contribution in [1.29, 1.82) is 0 Å². The molecule has 4 aromatic rings. The number of halogens is 2. The number of hydrogen-bond donors (Lipinski definition) is 1. The Morgan fingerprint density at radius 2 is 1.78 bits per heavy atom. The summed E-state index contributed by atoms with van der Waals surface area (Å²) in [5.74, 6) is -2.02. The monoisotopic (exact) mass is 437 g/mol. The maximum absolute atomic E-state index is 14.2. The normalized spacial score (nSPS) is 11.9. The molecule has 9 heteroatoms. The van der Waals surface area contributed by atoms with Gasteiger partial charge in [-0.2, -0.15) is 14.0 Å². The van der Waals surface area contributed by atoms with Gasteiger partial charge in [0.2, 0.25) is 11.6 Å². The molecule has 0 fully saturated rings. The lowest BCUT2D eigenvalue weighted by Crippen LogP contribution is -2.14. The minimum atomic E-state index is -3.02. The Balaban J connectivity index is 1.57. The van der Waals surface area contributed by atoms with E-state index in [1.165, 1.54) is 6.92 Å². The van der Waals surface area contributed by atoms with Gasteiger partial charge < -0.3 is 0 Å². The highest BCUT2D eigenvalue weighted by atomic mass is 19.3. The summed E-state index contributed by atoms with van der Waals surface area (Å²) in [4.78, 5) is 4.17. The maximum atomic E-state index is 14.2. The van der Waals surface area contributed by atoms with Crippen molar-refractivity contribution < 1.29 is 8.78 Å². The van der Waals surface area contributed by atoms with Gasteiger partial charge in [-0.25, -0.2) is 9.67 Å². The summed E-state index contributed by atoms with van der Waals surface area (Å²) in [7, 11) is 0. The molecule has 32 heavy (non-hydrogen) atoms. The van der Waals surface area contributed by atoms with Crippen molar-refractivity contribution in [3.63, 3.8) is 0 Å². The molecular formula is C23H25F2N7. The van der Waals surface area contributed by atoms with E-state index in [-0.39, 0.29) is 12.3 Å². The number of alkyl halides is 2. The van der Waals surface area contributed by atoms with Gasteiger partial charge in [0, 0.05) is 18.4 Å². The van der Waals surface area contributed by atoms with E-state index in [0.29, 0.717) is 24.6 Å². The summed E-state index contributed by atoms with van der Waals surface area (Å²) in [6.07, 6.45) is 0.267. The minimum Gasteiger partial charge on any atom is -0.245 e. The topological polar surface area (TPSA) is 85.2 Å². The van der Waals surface area contributed by atoms with Crippen LogP contribution < -0.4 is 0 Å². The Morgan fingerprint density at radius 3 is 2.44 bits per heavy atom. The maximum Gasteiger partial charge on any atom is 0.308 e. The fourth-order valence-corrected chi connectivity index (χ4v) is 3.43. The van der Waals surface area contributed by atoms with Crippen LogP contribution >= 0.6 is 0 Å². The average molecular weight is 437 g/mol. The highest BCUT2D eigenvalue weighted by Crippen LogP contribution is 2.29. The number of H-pyrrole nitrogens is 1. The SMILES string of the molecule is CCC(F)(F)c1nc(CC(C)C)n(Cc2ccc(-c3cccc(-c4nn[nH]n4)c3)cc2)n1. The summed E-state index contributed by atoms with van der Waals surface area (Å²) in [5.41, 5.74) is 3.87. The summed E-state index contributed by atoms with van der Waals surface area (Å²) >= 11 is 0. The van der Waals surface area contributed by atoms with Crippen molar-refractivity contribution in [3.05, 3.63) is 65.7 Å². The summed E-state index contributed by atoms with van der Waals surface area (Å²) < 4.78 is 30.0. The summed E-state index contributed by atoms with van der Waals surface area (Å²) in [6, 6.07) is 15.8. The molecule has 0 aliphatic heterocycles. The predicted molar refractivity (Wildman–Crippen MR) is 117 cm³/mol. The second-order valence-corrected chi connectivity index (χ2v) is 8.18. The first-order chi connectivity index (χ1) is 15.4. The van der Waals surface area contributed by atoms with E-state index >= 15 is 0 Å². The van der Waals surface area contributed by atoms with Crippen LogP contribution in [0.5, 0.6) is 0 Å². The van der Waals surface area contributed by atoms with E-state index in [2.05, 4.69) is 30.7 Å². The molecule has 0 saturated heterocycles. The molecule has 2 aromatic heterocycles. The predicted octanol–water partition coefficient (Wildman–Crippen LogP) is 4.87. The van der Waals surface area contributed by atoms with Crippen molar-refractivity contribution in [2.75, 3.05) is 0 Å². The Morgan fingerprint density at radius 1 is 1.03 bits per heavy atom. The Labute approximate surface area is 184 Å². The fraction of sp³-hybridized carbons (Fsp3) is 0.348. The molecular weight excluding hydrogens is 412 g/mol. The van der Waals surface area contributed by atoms with Crippen LogP contribution in [0.25, 0.3) is 22.5 Å². The number of nitrogens with zero attached hydrogens (tertiary/aromatic N) is 6. The molecule has 0 unspecified atom stereocenters. The molecule has 1 N–H and O–H groups in total. The first-order valence-electron chi connectivity index (χ1n) is 10.6. The molecule has 0 saturated carbocycles. The van der Waals surface area contributed by atoms with Crippen molar-refractivity contribution in [2.45, 2.75) is 46.1 Å². The zero-order valence-electron chi connectivity index (χ0n) is 18.3. The van der Waals surface area contributed by atoms with E-state index in [1.54, 1.807) is 4.68 Å². The molecule has 0 aliphatic carbocycles. The third-order valence-electron chi connectivity index (χ3n) is 5.20. The number of aromatic nitrogens is 7. The van der Waals surface area contributed by atoms with Crippen LogP contribution in [0, 0.1) is 5.92 Å². The van der Waals surface area contributed by atoms with Crippen LogP contribution in [0.15, 0.2) is 48.5 Å². The van der Waals surface area contributed by atoms with Gasteiger partial charge in [-0.1, -0.05) is 63.2 Å². The van der Waals surface area contributed by atoms with E-state index in [1.807, 2.05) is 62.4 Å². The van der Waals surface area contributed by atoms with E-state index in [0.717, 1.165) is 22.3 Å². The first kappa shape index (κ1) is 21.7. The van der Waals surface area contributed by atoms with E-state index < -0.39 is 11.7 Å². The molecule has 2 aromatic carbocycles. The van der Waals surface area contributed by atoms with Gasteiger partial charge in [-0.3, -0.25) is 0 Å². The van der Waals surface area contributed by atoms with Gasteiger partial charge in [0.05, 0.1) is 6.54 Å². The number of hydrogen-bond acceptors (Lipinski definition) is 5. The van der Waals surface area contributed by atoms with Crippen molar-refractivity contribution in [1.82, 2.24) is 35.4 Å². The van der Waals surface area contributed by atoms with Crippen molar-refractivity contribution >= 4 is 0 Å². The molecule has 7 nitrogen and oxygen atoms in total. The van der Waals surface area contributed by atoms with E-state index in [9.17, 15) is 8.78 Å². The molecule has 166 valence electrons. The quantitative estimate of drug-likeness (QED) is 0.425. The number of aromatic amines is 1. The average Bonchev–Trinajstić information content (AvgIpc) is 3.45. The molecule has 4 rings (SSSR count). The highest BCUT2D eigenvalue weighted by molar-refractivity contribution is 5.70. The lowest BCUT2D eigenvalue weighted by molar-refractivity contribution is -0.0177. The number of tetrazole rings is 1. The highest BCUT2D eigenvalue weighted by Gasteiger charge is 2.35. The number of rotatable bonds is 8. The zero-order valence-corrected chi connectivity index (χ0v) is 18.3. The van der Waals surface area contributed by atoms with Gasteiger partial charge >= 0.3 is 5.92 Å². The smallest absolute Gasteiger partial charge is 0.245 e. The molecule has 0 bridgehead atoms. The molecule has 0 spiro atoms. The van der Waals surface area contributed by atoms with Gasteiger partial charge in [-0.15, -0.1) is 15.3 Å². The number of benzene rings is 2. The van der Waals surface area contributed by atoms with Gasteiger partial charge in [0.1, 0.15) is 5.82 Å². The van der Waals surface area contributed by atoms with Crippen LogP contribution in [0.2, 0.25) is 0 Å². The fourth-order valence-electron chi connectivity index (χ4n) is 3.43. The Bertz CT molecular complexity index is 1170. The lowest BCUT2D eigenvalue weighted by Gasteiger charge is -2.09. The second kappa shape index (κ2) is 8.94. The van der Waals surface area contributed by atoms with Crippen LogP contribution in [0.4, 0.5) is 8.78 Å². The zero-order chi connectivity index (χ0) is 22.7. The summed E-state index contributed by atoms with van der Waals surface area (Å²) in [5, 5.41) is 18.3. The first-order valence-corrected chi connectivity index (χ1v) is 10.6. The van der Waals surface area contributed by atoms with Gasteiger partial charge in [0.15, 0.2) is 0 Å². The molecule has 0 amide bonds. The van der Waals surface area contributed by atoms with Crippen LogP contribution in [0.1, 0.15) is 44.4 Å². The van der Waals surface area contributed by atoms with Crippen molar-refractivity contribution in [3.8, 4) is 22.5 Å². The molecule has 0 aliphatic rings. The second-order valence-electron chi connectivity index (χ2n) is 8.18. The Kier molecular flexibility index (Phi) is 6.07. The molecule has 0 radical (unpaired) electrons. The standard InChI is InChI=1S/C23H25F2N7/c1-4-23(24,25)22-26-20(12-15(2)3)32(29-22)14-16-8-10-17(11-9-16)18-6-5-7-19(13-18)21-27-30-31-28-21/h5-11,13,15H,4,12,14H2,1-3H3,(H,27,28,30,31). The number of nitrogens with one attached hydrogen (secondary N) is 1. The third-order valence-corrected chi connectivity index (χ3v) is 5.20. The van der Waals surface area contributed by atoms with Crippen LogP contribution in [-0.2, 0) is 18.9 Å². The third kappa shape index (κ3) is 4.71. The minimum absolute atomic E-state index is 0.287. The largest absolute Gasteiger partial charge is 0.308 e.